The maximum atomic E-state index is 6.20. The van der Waals surface area contributed by atoms with Gasteiger partial charge in [0.25, 0.3) is 0 Å². The fraction of sp³-hybridized carbons (Fsp3) is 0.500. The van der Waals surface area contributed by atoms with Crippen molar-refractivity contribution >= 4 is 11.6 Å². The Balaban J connectivity index is 2.44. The highest BCUT2D eigenvalue weighted by Gasteiger charge is 2.55. The van der Waals surface area contributed by atoms with Gasteiger partial charge in [0, 0.05) is 16.5 Å². The molecule has 1 aromatic rings. The molecule has 1 nitrogen and oxygen atoms in total. The van der Waals surface area contributed by atoms with Crippen molar-refractivity contribution in [3.8, 4) is 0 Å². The van der Waals surface area contributed by atoms with Crippen LogP contribution in [0.5, 0.6) is 0 Å². The van der Waals surface area contributed by atoms with Gasteiger partial charge in [0.2, 0.25) is 0 Å². The summed E-state index contributed by atoms with van der Waals surface area (Å²) >= 11 is 6.20. The van der Waals surface area contributed by atoms with E-state index in [2.05, 4.69) is 19.9 Å². The predicted octanol–water partition coefficient (Wildman–Crippen LogP) is 2.96. The van der Waals surface area contributed by atoms with Crippen LogP contribution in [0.3, 0.4) is 0 Å². The third kappa shape index (κ3) is 1.27. The number of halogens is 1. The van der Waals surface area contributed by atoms with E-state index >= 15 is 0 Å². The molecule has 2 atom stereocenters. The topological polar surface area (TPSA) is 26.0 Å². The van der Waals surface area contributed by atoms with E-state index in [1.54, 1.807) is 0 Å². The SMILES string of the molecule is CC(C)C1(c2ccccc2Cl)C[C@H]1N. The molecule has 1 aromatic carbocycles. The van der Waals surface area contributed by atoms with Gasteiger partial charge in [0.15, 0.2) is 0 Å². The Kier molecular flexibility index (Phi) is 2.32. The smallest absolute Gasteiger partial charge is 0.0444 e. The zero-order valence-corrected chi connectivity index (χ0v) is 9.38. The van der Waals surface area contributed by atoms with Crippen LogP contribution in [0.4, 0.5) is 0 Å². The summed E-state index contributed by atoms with van der Waals surface area (Å²) in [5.41, 5.74) is 7.41. The molecule has 0 amide bonds. The molecule has 0 heterocycles. The zero-order valence-electron chi connectivity index (χ0n) is 8.63. The maximum Gasteiger partial charge on any atom is 0.0444 e. The van der Waals surface area contributed by atoms with Crippen molar-refractivity contribution in [2.24, 2.45) is 11.7 Å². The minimum Gasteiger partial charge on any atom is -0.327 e. The van der Waals surface area contributed by atoms with Crippen molar-refractivity contribution in [3.63, 3.8) is 0 Å². The van der Waals surface area contributed by atoms with E-state index in [0.717, 1.165) is 11.4 Å². The second-order valence-electron chi connectivity index (χ2n) is 4.49. The molecule has 1 saturated carbocycles. The summed E-state index contributed by atoms with van der Waals surface area (Å²) < 4.78 is 0. The van der Waals surface area contributed by atoms with Crippen LogP contribution in [0.1, 0.15) is 25.8 Å². The van der Waals surface area contributed by atoms with E-state index in [0.29, 0.717) is 5.92 Å². The summed E-state index contributed by atoms with van der Waals surface area (Å²) in [4.78, 5) is 0. The van der Waals surface area contributed by atoms with Gasteiger partial charge >= 0.3 is 0 Å². The van der Waals surface area contributed by atoms with Gasteiger partial charge in [0.1, 0.15) is 0 Å². The fourth-order valence-corrected chi connectivity index (χ4v) is 2.74. The Morgan fingerprint density at radius 1 is 1.43 bits per heavy atom. The van der Waals surface area contributed by atoms with Crippen LogP contribution >= 0.6 is 11.6 Å². The summed E-state index contributed by atoms with van der Waals surface area (Å²) in [6, 6.07) is 8.34. The predicted molar refractivity (Wildman–Crippen MR) is 60.6 cm³/mol. The monoisotopic (exact) mass is 209 g/mol. The van der Waals surface area contributed by atoms with Gasteiger partial charge in [-0.3, -0.25) is 0 Å². The lowest BCUT2D eigenvalue weighted by molar-refractivity contribution is 0.466. The lowest BCUT2D eigenvalue weighted by Gasteiger charge is -2.22. The van der Waals surface area contributed by atoms with Crippen LogP contribution in [-0.2, 0) is 5.41 Å². The average molecular weight is 210 g/mol. The van der Waals surface area contributed by atoms with E-state index in [9.17, 15) is 0 Å². The quantitative estimate of drug-likeness (QED) is 0.797. The molecule has 0 aliphatic heterocycles. The highest BCUT2D eigenvalue weighted by molar-refractivity contribution is 6.31. The standard InChI is InChI=1S/C12H16ClN/c1-8(2)12(7-11(12)14)9-5-3-4-6-10(9)13/h3-6,8,11H,7,14H2,1-2H3/t11-,12?/m1/s1. The Hall–Kier alpha value is -0.530. The molecule has 0 aromatic heterocycles. The fourth-order valence-electron chi connectivity index (χ4n) is 2.43. The van der Waals surface area contributed by atoms with Gasteiger partial charge in [-0.2, -0.15) is 0 Å². The number of hydrogen-bond acceptors (Lipinski definition) is 1. The van der Waals surface area contributed by atoms with Gasteiger partial charge in [-0.15, -0.1) is 0 Å². The van der Waals surface area contributed by atoms with Crippen LogP contribution in [-0.4, -0.2) is 6.04 Å². The van der Waals surface area contributed by atoms with Crippen LogP contribution < -0.4 is 5.73 Å². The van der Waals surface area contributed by atoms with E-state index < -0.39 is 0 Å². The van der Waals surface area contributed by atoms with Crippen molar-refractivity contribution in [2.75, 3.05) is 0 Å². The van der Waals surface area contributed by atoms with Gasteiger partial charge in [0.05, 0.1) is 0 Å². The molecule has 1 aliphatic rings. The van der Waals surface area contributed by atoms with Crippen LogP contribution in [0, 0.1) is 5.92 Å². The summed E-state index contributed by atoms with van der Waals surface area (Å²) in [5, 5.41) is 0.856. The molecule has 76 valence electrons. The van der Waals surface area contributed by atoms with E-state index in [-0.39, 0.29) is 11.5 Å². The summed E-state index contributed by atoms with van der Waals surface area (Å²) in [5.74, 6) is 0.553. The number of rotatable bonds is 2. The third-order valence-corrected chi connectivity index (χ3v) is 3.79. The van der Waals surface area contributed by atoms with Gasteiger partial charge in [-0.05, 0) is 24.0 Å². The minimum atomic E-state index is 0.137. The Labute approximate surface area is 90.3 Å². The second-order valence-corrected chi connectivity index (χ2v) is 4.89. The summed E-state index contributed by atoms with van der Waals surface area (Å²) in [7, 11) is 0. The molecule has 1 fully saturated rings. The first-order valence-corrected chi connectivity index (χ1v) is 5.47. The number of nitrogens with two attached hydrogens (primary N) is 1. The third-order valence-electron chi connectivity index (χ3n) is 3.46. The van der Waals surface area contributed by atoms with E-state index in [1.807, 2.05) is 18.2 Å². The molecule has 1 aliphatic carbocycles. The van der Waals surface area contributed by atoms with Crippen LogP contribution in [0.15, 0.2) is 24.3 Å². The molecule has 1 unspecified atom stereocenters. The van der Waals surface area contributed by atoms with Crippen molar-refractivity contribution in [2.45, 2.75) is 31.7 Å². The minimum absolute atomic E-state index is 0.137. The zero-order chi connectivity index (χ0) is 10.3. The number of benzene rings is 1. The van der Waals surface area contributed by atoms with E-state index in [1.165, 1.54) is 5.56 Å². The molecular formula is C12H16ClN. The highest BCUT2D eigenvalue weighted by Crippen LogP contribution is 2.54. The highest BCUT2D eigenvalue weighted by atomic mass is 35.5. The summed E-state index contributed by atoms with van der Waals surface area (Å²) in [6.45, 7) is 4.44. The summed E-state index contributed by atoms with van der Waals surface area (Å²) in [6.07, 6.45) is 1.06. The molecule has 0 spiro atoms. The molecule has 0 bridgehead atoms. The molecule has 14 heavy (non-hydrogen) atoms. The molecular weight excluding hydrogens is 194 g/mol. The molecule has 2 rings (SSSR count). The molecule has 0 radical (unpaired) electrons. The Bertz CT molecular complexity index is 348. The van der Waals surface area contributed by atoms with Crippen molar-refractivity contribution < 1.29 is 0 Å². The normalized spacial score (nSPS) is 30.8. The molecule has 2 N–H and O–H groups in total. The van der Waals surface area contributed by atoms with Gasteiger partial charge in [-0.1, -0.05) is 43.6 Å². The Morgan fingerprint density at radius 3 is 2.43 bits per heavy atom. The first-order chi connectivity index (χ1) is 6.59. The van der Waals surface area contributed by atoms with Crippen LogP contribution in [0.25, 0.3) is 0 Å². The molecule has 0 saturated heterocycles. The number of hydrogen-bond donors (Lipinski definition) is 1. The van der Waals surface area contributed by atoms with E-state index in [4.69, 9.17) is 17.3 Å². The second kappa shape index (κ2) is 3.25. The van der Waals surface area contributed by atoms with Gasteiger partial charge < -0.3 is 5.73 Å². The van der Waals surface area contributed by atoms with Crippen LogP contribution in [0.2, 0.25) is 5.02 Å². The van der Waals surface area contributed by atoms with Crippen molar-refractivity contribution in [3.05, 3.63) is 34.9 Å². The largest absolute Gasteiger partial charge is 0.327 e. The maximum absolute atomic E-state index is 6.20. The lowest BCUT2D eigenvalue weighted by atomic mass is 9.84. The average Bonchev–Trinajstić information content (AvgIpc) is 2.79. The lowest BCUT2D eigenvalue weighted by Crippen LogP contribution is -2.24. The Morgan fingerprint density at radius 2 is 2.00 bits per heavy atom. The molecule has 2 heteroatoms. The van der Waals surface area contributed by atoms with Gasteiger partial charge in [-0.25, -0.2) is 0 Å². The van der Waals surface area contributed by atoms with Crippen molar-refractivity contribution in [1.29, 1.82) is 0 Å². The first-order valence-electron chi connectivity index (χ1n) is 5.09. The first kappa shape index (κ1) is 10.0. The van der Waals surface area contributed by atoms with Crippen molar-refractivity contribution in [1.82, 2.24) is 0 Å².